The van der Waals surface area contributed by atoms with Gasteiger partial charge >= 0.3 is 0 Å². The fourth-order valence-electron chi connectivity index (χ4n) is 1.68. The van der Waals surface area contributed by atoms with Gasteiger partial charge in [-0.1, -0.05) is 22.0 Å². The molecule has 1 aromatic heterocycles. The van der Waals surface area contributed by atoms with Gasteiger partial charge in [-0.05, 0) is 24.6 Å². The van der Waals surface area contributed by atoms with E-state index in [1.54, 1.807) is 12.5 Å². The predicted molar refractivity (Wildman–Crippen MR) is 73.5 cm³/mol. The summed E-state index contributed by atoms with van der Waals surface area (Å²) >= 11 is 3.42. The Labute approximate surface area is 114 Å². The molecule has 0 aliphatic carbocycles. The van der Waals surface area contributed by atoms with Crippen LogP contribution in [0.4, 0.5) is 0 Å². The van der Waals surface area contributed by atoms with Crippen LogP contribution < -0.4 is 5.32 Å². The fraction of sp³-hybridized carbons (Fsp3) is 0.231. The minimum atomic E-state index is -0.0479. The lowest BCUT2D eigenvalue weighted by atomic mass is 10.1. The van der Waals surface area contributed by atoms with E-state index >= 15 is 0 Å². The maximum atomic E-state index is 12.0. The van der Waals surface area contributed by atoms with Crippen molar-refractivity contribution in [2.24, 2.45) is 0 Å². The van der Waals surface area contributed by atoms with Gasteiger partial charge in [-0.25, -0.2) is 4.98 Å². The van der Waals surface area contributed by atoms with Crippen molar-refractivity contribution in [3.05, 3.63) is 52.0 Å². The molecular weight excluding hydrogens is 294 g/mol. The van der Waals surface area contributed by atoms with Gasteiger partial charge in [0.15, 0.2) is 0 Å². The van der Waals surface area contributed by atoms with Crippen LogP contribution in [-0.2, 0) is 6.42 Å². The molecule has 1 heterocycles. The molecule has 2 aromatic rings. The molecule has 0 atom stereocenters. The third kappa shape index (κ3) is 2.98. The standard InChI is InChI=1S/C13H14BrN3O/c1-9-11(3-2-4-12(9)14)13(18)16-6-5-10-7-15-8-17-10/h2-4,7-8H,5-6H2,1H3,(H,15,17)(H,16,18). The maximum absolute atomic E-state index is 12.0. The summed E-state index contributed by atoms with van der Waals surface area (Å²) in [6.07, 6.45) is 4.14. The zero-order valence-corrected chi connectivity index (χ0v) is 11.6. The molecule has 2 rings (SSSR count). The van der Waals surface area contributed by atoms with Gasteiger partial charge in [-0.3, -0.25) is 4.79 Å². The second-order valence-corrected chi connectivity index (χ2v) is 4.85. The number of aromatic amines is 1. The molecular formula is C13H14BrN3O. The lowest BCUT2D eigenvalue weighted by Gasteiger charge is -2.08. The van der Waals surface area contributed by atoms with Crippen molar-refractivity contribution in [3.63, 3.8) is 0 Å². The van der Waals surface area contributed by atoms with E-state index in [2.05, 4.69) is 31.2 Å². The number of imidazole rings is 1. The van der Waals surface area contributed by atoms with Crippen LogP contribution in [0.2, 0.25) is 0 Å². The highest BCUT2D eigenvalue weighted by molar-refractivity contribution is 9.10. The zero-order chi connectivity index (χ0) is 13.0. The number of rotatable bonds is 4. The van der Waals surface area contributed by atoms with Crippen molar-refractivity contribution in [3.8, 4) is 0 Å². The highest BCUT2D eigenvalue weighted by Crippen LogP contribution is 2.19. The molecule has 2 N–H and O–H groups in total. The van der Waals surface area contributed by atoms with Crippen LogP contribution in [0.15, 0.2) is 35.2 Å². The average Bonchev–Trinajstić information content (AvgIpc) is 2.85. The highest BCUT2D eigenvalue weighted by Gasteiger charge is 2.09. The van der Waals surface area contributed by atoms with Crippen LogP contribution in [0.1, 0.15) is 21.6 Å². The lowest BCUT2D eigenvalue weighted by Crippen LogP contribution is -2.26. The molecule has 0 spiro atoms. The normalized spacial score (nSPS) is 10.3. The second kappa shape index (κ2) is 5.82. The number of hydrogen-bond donors (Lipinski definition) is 2. The number of H-pyrrole nitrogens is 1. The summed E-state index contributed by atoms with van der Waals surface area (Å²) in [5, 5.41) is 2.90. The Morgan fingerprint density at radius 2 is 2.33 bits per heavy atom. The first kappa shape index (κ1) is 12.8. The third-order valence-corrected chi connectivity index (χ3v) is 3.61. The van der Waals surface area contributed by atoms with Crippen LogP contribution >= 0.6 is 15.9 Å². The zero-order valence-electron chi connectivity index (χ0n) is 10.0. The number of hydrogen-bond acceptors (Lipinski definition) is 2. The number of carbonyl (C=O) groups is 1. The smallest absolute Gasteiger partial charge is 0.251 e. The van der Waals surface area contributed by atoms with Gasteiger partial charge in [0, 0.05) is 34.9 Å². The van der Waals surface area contributed by atoms with Gasteiger partial charge in [0.1, 0.15) is 0 Å². The maximum Gasteiger partial charge on any atom is 0.251 e. The molecule has 0 saturated heterocycles. The topological polar surface area (TPSA) is 57.8 Å². The first-order valence-electron chi connectivity index (χ1n) is 5.69. The van der Waals surface area contributed by atoms with E-state index in [0.717, 1.165) is 22.2 Å². The summed E-state index contributed by atoms with van der Waals surface area (Å²) in [5.74, 6) is -0.0479. The molecule has 0 saturated carbocycles. The molecule has 1 amide bonds. The Morgan fingerprint density at radius 3 is 3.06 bits per heavy atom. The molecule has 4 nitrogen and oxygen atoms in total. The minimum Gasteiger partial charge on any atom is -0.352 e. The molecule has 0 radical (unpaired) electrons. The van der Waals surface area contributed by atoms with E-state index in [1.807, 2.05) is 25.1 Å². The molecule has 94 valence electrons. The molecule has 18 heavy (non-hydrogen) atoms. The number of nitrogens with one attached hydrogen (secondary N) is 2. The van der Waals surface area contributed by atoms with E-state index in [1.165, 1.54) is 0 Å². The monoisotopic (exact) mass is 307 g/mol. The van der Waals surface area contributed by atoms with Gasteiger partial charge in [0.05, 0.1) is 6.33 Å². The third-order valence-electron chi connectivity index (χ3n) is 2.75. The first-order valence-corrected chi connectivity index (χ1v) is 6.48. The van der Waals surface area contributed by atoms with Crippen molar-refractivity contribution in [1.82, 2.24) is 15.3 Å². The number of benzene rings is 1. The van der Waals surface area contributed by atoms with E-state index in [0.29, 0.717) is 12.1 Å². The molecule has 0 aliphatic heterocycles. The first-order chi connectivity index (χ1) is 8.68. The lowest BCUT2D eigenvalue weighted by molar-refractivity contribution is 0.0953. The van der Waals surface area contributed by atoms with E-state index < -0.39 is 0 Å². The van der Waals surface area contributed by atoms with Gasteiger partial charge in [-0.15, -0.1) is 0 Å². The SMILES string of the molecule is Cc1c(Br)cccc1C(=O)NCCc1cnc[nH]1. The number of halogens is 1. The number of amides is 1. The average molecular weight is 308 g/mol. The number of aromatic nitrogens is 2. The van der Waals surface area contributed by atoms with Gasteiger partial charge in [0.2, 0.25) is 0 Å². The number of carbonyl (C=O) groups excluding carboxylic acids is 1. The van der Waals surface area contributed by atoms with E-state index in [9.17, 15) is 4.79 Å². The van der Waals surface area contributed by atoms with Crippen LogP contribution in [0.5, 0.6) is 0 Å². The van der Waals surface area contributed by atoms with Gasteiger partial charge < -0.3 is 10.3 Å². The van der Waals surface area contributed by atoms with Crippen LogP contribution in [-0.4, -0.2) is 22.4 Å². The largest absolute Gasteiger partial charge is 0.352 e. The van der Waals surface area contributed by atoms with Crippen molar-refractivity contribution >= 4 is 21.8 Å². The summed E-state index contributed by atoms with van der Waals surface area (Å²) in [4.78, 5) is 18.9. The van der Waals surface area contributed by atoms with Gasteiger partial charge in [-0.2, -0.15) is 0 Å². The van der Waals surface area contributed by atoms with E-state index in [-0.39, 0.29) is 5.91 Å². The summed E-state index contributed by atoms with van der Waals surface area (Å²) < 4.78 is 0.948. The Balaban J connectivity index is 1.93. The predicted octanol–water partition coefficient (Wildman–Crippen LogP) is 2.45. The molecule has 0 bridgehead atoms. The van der Waals surface area contributed by atoms with Crippen molar-refractivity contribution in [2.45, 2.75) is 13.3 Å². The van der Waals surface area contributed by atoms with Crippen LogP contribution in [0, 0.1) is 6.92 Å². The fourth-order valence-corrected chi connectivity index (χ4v) is 2.05. The molecule has 0 unspecified atom stereocenters. The highest BCUT2D eigenvalue weighted by atomic mass is 79.9. The van der Waals surface area contributed by atoms with Crippen molar-refractivity contribution < 1.29 is 4.79 Å². The van der Waals surface area contributed by atoms with Crippen molar-refractivity contribution in [2.75, 3.05) is 6.54 Å². The Kier molecular flexibility index (Phi) is 4.15. The molecule has 0 fully saturated rings. The van der Waals surface area contributed by atoms with E-state index in [4.69, 9.17) is 0 Å². The summed E-state index contributed by atoms with van der Waals surface area (Å²) in [5.41, 5.74) is 2.67. The Hall–Kier alpha value is -1.62. The molecule has 0 aliphatic rings. The quantitative estimate of drug-likeness (QED) is 0.911. The summed E-state index contributed by atoms with van der Waals surface area (Å²) in [6.45, 7) is 2.51. The molecule has 1 aromatic carbocycles. The van der Waals surface area contributed by atoms with Crippen LogP contribution in [0.25, 0.3) is 0 Å². The molecule has 5 heteroatoms. The summed E-state index contributed by atoms with van der Waals surface area (Å²) in [6, 6.07) is 5.61. The minimum absolute atomic E-state index is 0.0479. The van der Waals surface area contributed by atoms with Crippen molar-refractivity contribution in [1.29, 1.82) is 0 Å². The van der Waals surface area contributed by atoms with Crippen LogP contribution in [0.3, 0.4) is 0 Å². The Bertz CT molecular complexity index is 537. The van der Waals surface area contributed by atoms with Gasteiger partial charge in [0.25, 0.3) is 5.91 Å². The summed E-state index contributed by atoms with van der Waals surface area (Å²) in [7, 11) is 0. The second-order valence-electron chi connectivity index (χ2n) is 4.00. The number of nitrogens with zero attached hydrogens (tertiary/aromatic N) is 1. The Morgan fingerprint density at radius 1 is 1.50 bits per heavy atom.